The number of amides is 1. The van der Waals surface area contributed by atoms with E-state index in [2.05, 4.69) is 0 Å². The van der Waals surface area contributed by atoms with Crippen molar-refractivity contribution < 1.29 is 19.4 Å². The number of carbonyl (C=O) groups is 2. The Hall–Kier alpha value is -3.31. The number of carboxylic acid groups (broad SMARTS) is 1. The predicted molar refractivity (Wildman–Crippen MR) is 119 cm³/mol. The van der Waals surface area contributed by atoms with Gasteiger partial charge < -0.3 is 14.7 Å². The van der Waals surface area contributed by atoms with Crippen molar-refractivity contribution in [2.45, 2.75) is 25.5 Å². The normalized spacial score (nSPS) is 15.6. The van der Waals surface area contributed by atoms with Crippen LogP contribution in [0.1, 0.15) is 28.8 Å². The van der Waals surface area contributed by atoms with Crippen LogP contribution in [0.15, 0.2) is 72.8 Å². The van der Waals surface area contributed by atoms with E-state index < -0.39 is 12.0 Å². The van der Waals surface area contributed by atoms with E-state index in [0.29, 0.717) is 36.6 Å². The van der Waals surface area contributed by atoms with Gasteiger partial charge in [-0.1, -0.05) is 54.1 Å². The van der Waals surface area contributed by atoms with Crippen LogP contribution in [0.4, 0.5) is 0 Å². The third kappa shape index (κ3) is 4.57. The van der Waals surface area contributed by atoms with E-state index in [-0.39, 0.29) is 5.91 Å². The number of nitrogens with zero attached hydrogens (tertiary/aromatic N) is 1. The van der Waals surface area contributed by atoms with Gasteiger partial charge in [-0.25, -0.2) is 4.79 Å². The predicted octanol–water partition coefficient (Wildman–Crippen LogP) is 5.28. The highest BCUT2D eigenvalue weighted by Crippen LogP contribution is 2.33. The molecular weight excluding hydrogens is 414 g/mol. The number of benzene rings is 3. The largest absolute Gasteiger partial charge is 0.489 e. The summed E-state index contributed by atoms with van der Waals surface area (Å²) in [7, 11) is 0. The van der Waals surface area contributed by atoms with Crippen LogP contribution in [0.3, 0.4) is 0 Å². The van der Waals surface area contributed by atoms with Gasteiger partial charge in [-0.05, 0) is 54.3 Å². The molecule has 1 amide bonds. The van der Waals surface area contributed by atoms with Crippen LogP contribution < -0.4 is 4.74 Å². The third-order valence-electron chi connectivity index (χ3n) is 5.46. The Balaban J connectivity index is 1.69. The van der Waals surface area contributed by atoms with Gasteiger partial charge in [0, 0.05) is 22.7 Å². The summed E-state index contributed by atoms with van der Waals surface area (Å²) in [5.41, 5.74) is 2.90. The molecule has 6 heteroatoms. The maximum Gasteiger partial charge on any atom is 0.326 e. The van der Waals surface area contributed by atoms with Gasteiger partial charge in [0.1, 0.15) is 18.4 Å². The van der Waals surface area contributed by atoms with Gasteiger partial charge >= 0.3 is 5.97 Å². The number of ether oxygens (including phenoxy) is 1. The lowest BCUT2D eigenvalue weighted by molar-refractivity contribution is -0.141. The molecule has 3 aromatic carbocycles. The minimum absolute atomic E-state index is 0.284. The van der Waals surface area contributed by atoms with Crippen molar-refractivity contribution in [2.24, 2.45) is 0 Å². The second-order valence-corrected chi connectivity index (χ2v) is 7.86. The highest BCUT2D eigenvalue weighted by Gasteiger charge is 2.34. The number of hydrogen-bond acceptors (Lipinski definition) is 3. The van der Waals surface area contributed by atoms with Crippen LogP contribution in [-0.4, -0.2) is 34.5 Å². The molecule has 0 aliphatic carbocycles. The molecular formula is C25H22ClNO4. The fraction of sp³-hybridized carbons (Fsp3) is 0.200. The third-order valence-corrected chi connectivity index (χ3v) is 5.79. The van der Waals surface area contributed by atoms with E-state index in [0.717, 1.165) is 22.4 Å². The first-order chi connectivity index (χ1) is 15.0. The quantitative estimate of drug-likeness (QED) is 0.572. The van der Waals surface area contributed by atoms with Crippen LogP contribution in [0.5, 0.6) is 5.75 Å². The number of aliphatic carboxylic acids is 1. The first-order valence-corrected chi connectivity index (χ1v) is 10.5. The highest BCUT2D eigenvalue weighted by molar-refractivity contribution is 6.33. The molecule has 0 saturated carbocycles. The van der Waals surface area contributed by atoms with E-state index in [4.69, 9.17) is 16.3 Å². The summed E-state index contributed by atoms with van der Waals surface area (Å²) in [6.07, 6.45) is 1.16. The zero-order valence-electron chi connectivity index (χ0n) is 16.8. The average molecular weight is 436 g/mol. The lowest BCUT2D eigenvalue weighted by Gasteiger charge is -2.22. The van der Waals surface area contributed by atoms with Crippen molar-refractivity contribution in [2.75, 3.05) is 6.54 Å². The molecule has 31 heavy (non-hydrogen) atoms. The monoisotopic (exact) mass is 435 g/mol. The highest BCUT2D eigenvalue weighted by atomic mass is 35.5. The molecule has 1 heterocycles. The SMILES string of the molecule is O=C(O)C1CCCN1C(=O)c1ccc(COc2ccccc2)c(-c2ccccc2Cl)c1. The summed E-state index contributed by atoms with van der Waals surface area (Å²) in [4.78, 5) is 26.1. The van der Waals surface area contributed by atoms with Gasteiger partial charge in [0.05, 0.1) is 0 Å². The summed E-state index contributed by atoms with van der Waals surface area (Å²) in [5.74, 6) is -0.507. The number of likely N-dealkylation sites (tertiary alicyclic amines) is 1. The number of hydrogen-bond donors (Lipinski definition) is 1. The van der Waals surface area contributed by atoms with Crippen molar-refractivity contribution in [1.29, 1.82) is 0 Å². The Morgan fingerprint density at radius 3 is 2.48 bits per heavy atom. The first kappa shape index (κ1) is 20.9. The van der Waals surface area contributed by atoms with Crippen LogP contribution in [0, 0.1) is 0 Å². The molecule has 1 unspecified atom stereocenters. The van der Waals surface area contributed by atoms with Crippen molar-refractivity contribution in [3.8, 4) is 16.9 Å². The molecule has 0 spiro atoms. The second-order valence-electron chi connectivity index (χ2n) is 7.45. The maximum atomic E-state index is 13.1. The van der Waals surface area contributed by atoms with E-state index in [1.165, 1.54) is 4.90 Å². The van der Waals surface area contributed by atoms with Gasteiger partial charge in [0.2, 0.25) is 0 Å². The maximum absolute atomic E-state index is 13.1. The molecule has 0 aromatic heterocycles. The summed E-state index contributed by atoms with van der Waals surface area (Å²) < 4.78 is 5.93. The lowest BCUT2D eigenvalue weighted by atomic mass is 9.97. The standard InChI is InChI=1S/C25H22ClNO4/c26-22-10-5-4-9-20(22)21-15-17(24(28)27-14-6-11-23(27)25(29)30)12-13-18(21)16-31-19-7-2-1-3-8-19/h1-5,7-10,12-13,15,23H,6,11,14,16H2,(H,29,30). The Morgan fingerprint density at radius 2 is 1.74 bits per heavy atom. The van der Waals surface area contributed by atoms with Crippen molar-refractivity contribution >= 4 is 23.5 Å². The molecule has 1 fully saturated rings. The van der Waals surface area contributed by atoms with E-state index in [1.54, 1.807) is 18.2 Å². The Bertz CT molecular complexity index is 1100. The zero-order chi connectivity index (χ0) is 21.8. The van der Waals surface area contributed by atoms with E-state index in [1.807, 2.05) is 54.6 Å². The lowest BCUT2D eigenvalue weighted by Crippen LogP contribution is -2.40. The summed E-state index contributed by atoms with van der Waals surface area (Å²) >= 11 is 6.46. The molecule has 158 valence electrons. The number of halogens is 1. The molecule has 1 N–H and O–H groups in total. The second kappa shape index (κ2) is 9.23. The van der Waals surface area contributed by atoms with Crippen molar-refractivity contribution in [1.82, 2.24) is 4.90 Å². The molecule has 1 atom stereocenters. The molecule has 1 saturated heterocycles. The fourth-order valence-electron chi connectivity index (χ4n) is 3.88. The molecule has 4 rings (SSSR count). The van der Waals surface area contributed by atoms with Gasteiger partial charge in [0.15, 0.2) is 0 Å². The van der Waals surface area contributed by atoms with Crippen molar-refractivity contribution in [3.63, 3.8) is 0 Å². The topological polar surface area (TPSA) is 66.8 Å². The summed E-state index contributed by atoms with van der Waals surface area (Å²) in [6, 6.07) is 21.5. The molecule has 0 bridgehead atoms. The van der Waals surface area contributed by atoms with Crippen LogP contribution in [0.25, 0.3) is 11.1 Å². The number of carboxylic acids is 1. The van der Waals surface area contributed by atoms with Crippen LogP contribution >= 0.6 is 11.6 Å². The molecule has 1 aliphatic heterocycles. The minimum atomic E-state index is -0.968. The average Bonchev–Trinajstić information content (AvgIpc) is 3.29. The Morgan fingerprint density at radius 1 is 1.00 bits per heavy atom. The zero-order valence-corrected chi connectivity index (χ0v) is 17.6. The molecule has 1 aliphatic rings. The van der Waals surface area contributed by atoms with Gasteiger partial charge in [-0.2, -0.15) is 0 Å². The molecule has 5 nitrogen and oxygen atoms in total. The van der Waals surface area contributed by atoms with Gasteiger partial charge in [-0.3, -0.25) is 4.79 Å². The van der Waals surface area contributed by atoms with Gasteiger partial charge in [-0.15, -0.1) is 0 Å². The Labute approximate surface area is 185 Å². The minimum Gasteiger partial charge on any atom is -0.489 e. The van der Waals surface area contributed by atoms with Gasteiger partial charge in [0.25, 0.3) is 5.91 Å². The van der Waals surface area contributed by atoms with E-state index in [9.17, 15) is 14.7 Å². The smallest absolute Gasteiger partial charge is 0.326 e. The fourth-order valence-corrected chi connectivity index (χ4v) is 4.11. The number of carbonyl (C=O) groups excluding carboxylic acids is 1. The number of para-hydroxylation sites is 1. The number of rotatable bonds is 6. The van der Waals surface area contributed by atoms with E-state index >= 15 is 0 Å². The summed E-state index contributed by atoms with van der Waals surface area (Å²) in [6.45, 7) is 0.747. The van der Waals surface area contributed by atoms with Crippen molar-refractivity contribution in [3.05, 3.63) is 88.9 Å². The van der Waals surface area contributed by atoms with Crippen LogP contribution in [0.2, 0.25) is 5.02 Å². The summed E-state index contributed by atoms with van der Waals surface area (Å²) in [5, 5.41) is 10.0. The first-order valence-electron chi connectivity index (χ1n) is 10.1. The van der Waals surface area contributed by atoms with Crippen LogP contribution in [-0.2, 0) is 11.4 Å². The molecule has 3 aromatic rings. The molecule has 0 radical (unpaired) electrons. The Kier molecular flexibility index (Phi) is 6.23.